The number of amides is 2. The van der Waals surface area contributed by atoms with Gasteiger partial charge in [-0.2, -0.15) is 0 Å². The van der Waals surface area contributed by atoms with E-state index >= 15 is 0 Å². The number of hydrogen-bond donors (Lipinski definition) is 1. The van der Waals surface area contributed by atoms with Gasteiger partial charge in [0.15, 0.2) is 0 Å². The highest BCUT2D eigenvalue weighted by molar-refractivity contribution is 9.10. The molecule has 3 heterocycles. The largest absolute Gasteiger partial charge is 0.347 e. The lowest BCUT2D eigenvalue weighted by atomic mass is 10.1. The maximum absolute atomic E-state index is 13.7. The zero-order valence-electron chi connectivity index (χ0n) is 20.7. The van der Waals surface area contributed by atoms with Gasteiger partial charge in [-0.3, -0.25) is 23.7 Å². The summed E-state index contributed by atoms with van der Waals surface area (Å²) >= 11 is 9.59. The van der Waals surface area contributed by atoms with E-state index in [1.807, 2.05) is 54.7 Å². The summed E-state index contributed by atoms with van der Waals surface area (Å²) in [4.78, 5) is 46.9. The summed E-state index contributed by atoms with van der Waals surface area (Å²) < 4.78 is 3.72. The normalized spacial score (nSPS) is 13.7. The third-order valence-corrected chi connectivity index (χ3v) is 8.24. The van der Waals surface area contributed by atoms with E-state index in [1.165, 1.54) is 4.57 Å². The second kappa shape index (κ2) is 10.3. The minimum absolute atomic E-state index is 0.103. The van der Waals surface area contributed by atoms with Gasteiger partial charge in [0.05, 0.1) is 28.6 Å². The smallest absolute Gasteiger partial charge is 0.333 e. The minimum Gasteiger partial charge on any atom is -0.347 e. The fraction of sp³-hybridized carbons (Fsp3) is 0.172. The third kappa shape index (κ3) is 4.72. The first-order valence-corrected chi connectivity index (χ1v) is 13.6. The molecule has 2 amide bonds. The quantitative estimate of drug-likeness (QED) is 0.352. The Balaban J connectivity index is 1.40. The van der Waals surface area contributed by atoms with Crippen molar-refractivity contribution in [3.63, 3.8) is 0 Å². The van der Waals surface area contributed by atoms with Gasteiger partial charge in [-0.1, -0.05) is 48.0 Å². The summed E-state index contributed by atoms with van der Waals surface area (Å²) in [5, 5.41) is 3.39. The number of benzene rings is 3. The Morgan fingerprint density at radius 2 is 1.85 bits per heavy atom. The summed E-state index contributed by atoms with van der Waals surface area (Å²) in [5.41, 5.74) is 4.15. The molecule has 0 aliphatic carbocycles. The predicted octanol–water partition coefficient (Wildman–Crippen LogP) is 4.90. The Bertz CT molecular complexity index is 1710. The molecule has 0 fully saturated rings. The maximum atomic E-state index is 13.7. The van der Waals surface area contributed by atoms with Crippen LogP contribution in [0.2, 0.25) is 5.02 Å². The molecular weight excluding hydrogens is 582 g/mol. The first-order valence-electron chi connectivity index (χ1n) is 12.5. The predicted molar refractivity (Wildman–Crippen MR) is 153 cm³/mol. The molecule has 4 aromatic rings. The molecule has 6 rings (SSSR count). The van der Waals surface area contributed by atoms with Crippen LogP contribution in [0, 0.1) is 0 Å². The number of rotatable bonds is 5. The molecule has 0 atom stereocenters. The number of carbonyl (C=O) groups excluding carboxylic acids is 2. The van der Waals surface area contributed by atoms with E-state index in [0.29, 0.717) is 39.5 Å². The topological polar surface area (TPSA) is 88.7 Å². The van der Waals surface area contributed by atoms with Gasteiger partial charge in [0, 0.05) is 42.3 Å². The van der Waals surface area contributed by atoms with Crippen LogP contribution in [-0.4, -0.2) is 38.6 Å². The van der Waals surface area contributed by atoms with Crippen LogP contribution in [0.5, 0.6) is 0 Å². The number of aromatic nitrogens is 2. The highest BCUT2D eigenvalue weighted by Gasteiger charge is 2.32. The summed E-state index contributed by atoms with van der Waals surface area (Å²) in [7, 11) is 0. The number of fused-ring (bicyclic) bond motifs is 2. The Morgan fingerprint density at radius 3 is 2.64 bits per heavy atom. The first-order chi connectivity index (χ1) is 18.9. The standard InChI is InChI=1S/C29H23BrClN5O3/c30-22-9-7-20(14-23(22)31)28(38)34-12-13-35-25(17-34)26(27(37)33-16-18-4-2-1-3-5-18)36(29(35)39)21-8-6-19-10-11-32-24(19)15-21/h1-9,11,14-15H,10,12-13,16-17H2,(H,33,37). The van der Waals surface area contributed by atoms with Crippen LogP contribution < -0.4 is 11.0 Å². The number of hydrogen-bond acceptors (Lipinski definition) is 4. The van der Waals surface area contributed by atoms with Crippen molar-refractivity contribution in [1.82, 2.24) is 19.4 Å². The van der Waals surface area contributed by atoms with Crippen molar-refractivity contribution in [2.75, 3.05) is 6.54 Å². The van der Waals surface area contributed by atoms with Crippen molar-refractivity contribution < 1.29 is 9.59 Å². The Kier molecular flexibility index (Phi) is 6.70. The van der Waals surface area contributed by atoms with Crippen LogP contribution in [0.4, 0.5) is 5.69 Å². The second-order valence-electron chi connectivity index (χ2n) is 9.42. The van der Waals surface area contributed by atoms with Gasteiger partial charge < -0.3 is 10.2 Å². The van der Waals surface area contributed by atoms with Gasteiger partial charge >= 0.3 is 5.69 Å². The van der Waals surface area contributed by atoms with Gasteiger partial charge in [-0.05, 0) is 57.4 Å². The fourth-order valence-electron chi connectivity index (χ4n) is 5.01. The van der Waals surface area contributed by atoms with E-state index in [2.05, 4.69) is 26.2 Å². The Morgan fingerprint density at radius 1 is 1.03 bits per heavy atom. The number of nitrogens with one attached hydrogen (secondary N) is 1. The van der Waals surface area contributed by atoms with Crippen LogP contribution in [0.1, 0.15) is 37.7 Å². The SMILES string of the molecule is O=C(NCc1ccccc1)c1c2n(c(=O)n1-c1ccc3c(c1)N=CC3)CCN(C(=O)c1ccc(Br)c(Cl)c1)C2. The first kappa shape index (κ1) is 25.3. The summed E-state index contributed by atoms with van der Waals surface area (Å²) in [6, 6.07) is 20.2. The maximum Gasteiger partial charge on any atom is 0.333 e. The highest BCUT2D eigenvalue weighted by atomic mass is 79.9. The minimum atomic E-state index is -0.394. The molecule has 0 radical (unpaired) electrons. The van der Waals surface area contributed by atoms with Crippen molar-refractivity contribution in [1.29, 1.82) is 0 Å². The average molecular weight is 605 g/mol. The van der Waals surface area contributed by atoms with Crippen molar-refractivity contribution in [2.24, 2.45) is 4.99 Å². The van der Waals surface area contributed by atoms with E-state index < -0.39 is 5.91 Å². The van der Waals surface area contributed by atoms with E-state index in [9.17, 15) is 14.4 Å². The van der Waals surface area contributed by atoms with Gasteiger partial charge in [0.25, 0.3) is 11.8 Å². The van der Waals surface area contributed by atoms with E-state index in [1.54, 1.807) is 27.7 Å². The van der Waals surface area contributed by atoms with Crippen LogP contribution in [0.25, 0.3) is 5.69 Å². The molecule has 2 aliphatic heterocycles. The van der Waals surface area contributed by atoms with E-state index in [0.717, 1.165) is 23.2 Å². The van der Waals surface area contributed by atoms with Crippen molar-refractivity contribution in [3.05, 3.63) is 115 Å². The monoisotopic (exact) mass is 603 g/mol. The molecule has 2 aliphatic rings. The zero-order chi connectivity index (χ0) is 27.1. The molecule has 10 heteroatoms. The van der Waals surface area contributed by atoms with E-state index in [-0.39, 0.29) is 30.4 Å². The third-order valence-electron chi connectivity index (χ3n) is 7.01. The van der Waals surface area contributed by atoms with Gasteiger partial charge in [-0.15, -0.1) is 0 Å². The number of aliphatic imine (C=N–C) groups is 1. The lowest BCUT2D eigenvalue weighted by Crippen LogP contribution is -2.41. The molecule has 1 N–H and O–H groups in total. The van der Waals surface area contributed by atoms with Crippen LogP contribution >= 0.6 is 27.5 Å². The highest BCUT2D eigenvalue weighted by Crippen LogP contribution is 2.29. The zero-order valence-corrected chi connectivity index (χ0v) is 23.1. The molecule has 1 aromatic heterocycles. The lowest BCUT2D eigenvalue weighted by Gasteiger charge is -2.28. The van der Waals surface area contributed by atoms with Crippen molar-refractivity contribution >= 4 is 51.2 Å². The number of imidazole rings is 1. The van der Waals surface area contributed by atoms with Gasteiger partial charge in [0.2, 0.25) is 0 Å². The number of halogens is 2. The van der Waals surface area contributed by atoms with Crippen LogP contribution in [0.3, 0.4) is 0 Å². The number of carbonyl (C=O) groups is 2. The average Bonchev–Trinajstić information content (AvgIpc) is 3.54. The van der Waals surface area contributed by atoms with Gasteiger partial charge in [-0.25, -0.2) is 4.79 Å². The summed E-state index contributed by atoms with van der Waals surface area (Å²) in [5.74, 6) is -0.618. The van der Waals surface area contributed by atoms with Crippen LogP contribution in [-0.2, 0) is 26.1 Å². The molecule has 3 aromatic carbocycles. The molecule has 0 saturated carbocycles. The van der Waals surface area contributed by atoms with Crippen LogP contribution in [0.15, 0.2) is 81.0 Å². The molecule has 39 heavy (non-hydrogen) atoms. The summed E-state index contributed by atoms with van der Waals surface area (Å²) in [6.07, 6.45) is 2.56. The lowest BCUT2D eigenvalue weighted by molar-refractivity contribution is 0.0706. The molecule has 196 valence electrons. The fourth-order valence-corrected chi connectivity index (χ4v) is 5.43. The second-order valence-corrected chi connectivity index (χ2v) is 10.7. The molecule has 0 saturated heterocycles. The molecular formula is C29H23BrClN5O3. The molecule has 8 nitrogen and oxygen atoms in total. The Hall–Kier alpha value is -3.95. The molecule has 0 spiro atoms. The summed E-state index contributed by atoms with van der Waals surface area (Å²) in [6.45, 7) is 0.987. The van der Waals surface area contributed by atoms with Gasteiger partial charge in [0.1, 0.15) is 5.69 Å². The van der Waals surface area contributed by atoms with Crippen molar-refractivity contribution in [2.45, 2.75) is 26.1 Å². The Labute approximate surface area is 237 Å². The van der Waals surface area contributed by atoms with E-state index in [4.69, 9.17) is 11.6 Å². The number of nitrogens with zero attached hydrogens (tertiary/aromatic N) is 4. The molecule has 0 unspecified atom stereocenters. The van der Waals surface area contributed by atoms with Crippen molar-refractivity contribution in [3.8, 4) is 5.69 Å². The molecule has 0 bridgehead atoms.